The van der Waals surface area contributed by atoms with Crippen molar-refractivity contribution in [3.8, 4) is 5.75 Å². The van der Waals surface area contributed by atoms with E-state index >= 15 is 0 Å². The van der Waals surface area contributed by atoms with Crippen molar-refractivity contribution in [2.45, 2.75) is 32.6 Å². The summed E-state index contributed by atoms with van der Waals surface area (Å²) >= 11 is 0. The van der Waals surface area contributed by atoms with Gasteiger partial charge in [-0.25, -0.2) is 0 Å². The molecule has 0 radical (unpaired) electrons. The summed E-state index contributed by atoms with van der Waals surface area (Å²) < 4.78 is 11.4. The van der Waals surface area contributed by atoms with E-state index in [4.69, 9.17) is 9.26 Å². The summed E-state index contributed by atoms with van der Waals surface area (Å²) in [5, 5.41) is 2.31. The molecule has 3 aromatic carbocycles. The highest BCUT2D eigenvalue weighted by molar-refractivity contribution is 7.68. The van der Waals surface area contributed by atoms with Crippen LogP contribution in [0.4, 0.5) is 0 Å². The van der Waals surface area contributed by atoms with Gasteiger partial charge in [-0.1, -0.05) is 87.5 Å². The number of carbonyl (C=O) groups excluding carboxylic acids is 1. The highest BCUT2D eigenvalue weighted by Crippen LogP contribution is 2.39. The lowest BCUT2D eigenvalue weighted by Gasteiger charge is -2.25. The highest BCUT2D eigenvalue weighted by Gasteiger charge is 2.22. The van der Waals surface area contributed by atoms with Crippen LogP contribution in [0.1, 0.15) is 31.9 Å². The van der Waals surface area contributed by atoms with E-state index in [1.165, 1.54) is 7.11 Å². The lowest BCUT2D eigenvalue weighted by atomic mass is 9.83. The van der Waals surface area contributed by atoms with Gasteiger partial charge in [-0.15, -0.1) is 0 Å². The fourth-order valence-electron chi connectivity index (χ4n) is 3.18. The first-order chi connectivity index (χ1) is 13.9. The normalized spacial score (nSPS) is 11.3. The molecule has 0 aromatic heterocycles. The van der Waals surface area contributed by atoms with Gasteiger partial charge in [0.2, 0.25) is 0 Å². The van der Waals surface area contributed by atoms with Crippen molar-refractivity contribution in [2.24, 2.45) is 0 Å². The topological polar surface area (TPSA) is 35.5 Å². The van der Waals surface area contributed by atoms with Crippen molar-refractivity contribution in [3.63, 3.8) is 0 Å². The molecule has 3 rings (SSSR count). The molecule has 0 spiro atoms. The second kappa shape index (κ2) is 9.24. The van der Waals surface area contributed by atoms with Gasteiger partial charge in [0.1, 0.15) is 5.75 Å². The molecular weight excluding hydrogens is 379 g/mol. The van der Waals surface area contributed by atoms with Gasteiger partial charge in [-0.3, -0.25) is 4.79 Å². The molecule has 0 fully saturated rings. The lowest BCUT2D eigenvalue weighted by molar-refractivity contribution is -0.139. The first-order valence-electron chi connectivity index (χ1n) is 9.67. The van der Waals surface area contributed by atoms with Crippen molar-refractivity contribution >= 4 is 24.7 Å². The van der Waals surface area contributed by atoms with E-state index in [-0.39, 0.29) is 17.8 Å². The molecule has 29 heavy (non-hydrogen) atoms. The van der Waals surface area contributed by atoms with Crippen LogP contribution in [0.2, 0.25) is 0 Å². The summed E-state index contributed by atoms with van der Waals surface area (Å²) in [6.45, 7) is 6.43. The Morgan fingerprint density at radius 1 is 0.862 bits per heavy atom. The zero-order valence-corrected chi connectivity index (χ0v) is 18.3. The Hall–Kier alpha value is -2.64. The lowest BCUT2D eigenvalue weighted by Crippen LogP contribution is -2.18. The summed E-state index contributed by atoms with van der Waals surface area (Å²) in [4.78, 5) is 11.8. The number of hydrogen-bond donors (Lipinski definition) is 0. The van der Waals surface area contributed by atoms with E-state index in [0.29, 0.717) is 0 Å². The third-order valence-electron chi connectivity index (χ3n) is 4.63. The molecule has 0 amide bonds. The van der Waals surface area contributed by atoms with Crippen LogP contribution < -0.4 is 15.1 Å². The van der Waals surface area contributed by atoms with Crippen LogP contribution in [0, 0.1) is 0 Å². The predicted molar refractivity (Wildman–Crippen MR) is 121 cm³/mol. The maximum absolute atomic E-state index is 11.8. The first kappa shape index (κ1) is 21.1. The zero-order valence-electron chi connectivity index (χ0n) is 17.4. The summed E-state index contributed by atoms with van der Waals surface area (Å²) in [6, 6.07) is 26.6. The average molecular weight is 406 g/mol. The van der Waals surface area contributed by atoms with Crippen LogP contribution >= 0.6 is 8.15 Å². The molecule has 0 bridgehead atoms. The monoisotopic (exact) mass is 406 g/mol. The molecule has 3 aromatic rings. The van der Waals surface area contributed by atoms with E-state index in [2.05, 4.69) is 51.1 Å². The second-order valence-electron chi connectivity index (χ2n) is 7.88. The Kier molecular flexibility index (Phi) is 6.71. The summed E-state index contributed by atoms with van der Waals surface area (Å²) in [7, 11) is 0.424. The number of rotatable bonds is 6. The smallest absolute Gasteiger partial charge is 0.309 e. The number of carbonyl (C=O) groups is 1. The van der Waals surface area contributed by atoms with Crippen molar-refractivity contribution < 1.29 is 14.1 Å². The molecule has 0 N–H and O–H groups in total. The average Bonchev–Trinajstić information content (AvgIpc) is 2.73. The van der Waals surface area contributed by atoms with Gasteiger partial charge in [0, 0.05) is 10.6 Å². The quantitative estimate of drug-likeness (QED) is 0.421. The predicted octanol–water partition coefficient (Wildman–Crippen LogP) is 5.13. The molecule has 4 heteroatoms. The zero-order chi connectivity index (χ0) is 20.9. The molecule has 150 valence electrons. The Morgan fingerprint density at radius 3 is 1.90 bits per heavy atom. The fraction of sp³-hybridized carbons (Fsp3) is 0.240. The molecule has 0 aliphatic heterocycles. The van der Waals surface area contributed by atoms with Crippen molar-refractivity contribution in [2.75, 3.05) is 7.11 Å². The largest absolute Gasteiger partial charge is 0.469 e. The minimum Gasteiger partial charge on any atom is -0.469 e. The van der Waals surface area contributed by atoms with Crippen LogP contribution in [0.3, 0.4) is 0 Å². The third-order valence-corrected chi connectivity index (χ3v) is 6.56. The Balaban J connectivity index is 1.99. The molecule has 0 unspecified atom stereocenters. The first-order valence-corrected chi connectivity index (χ1v) is 10.9. The van der Waals surface area contributed by atoms with Crippen molar-refractivity contribution in [3.05, 3.63) is 90.0 Å². The van der Waals surface area contributed by atoms with Gasteiger partial charge in [0.25, 0.3) is 0 Å². The van der Waals surface area contributed by atoms with Crippen LogP contribution in [-0.2, 0) is 21.4 Å². The van der Waals surface area contributed by atoms with Crippen molar-refractivity contribution in [1.29, 1.82) is 0 Å². The van der Waals surface area contributed by atoms with Gasteiger partial charge in [-0.05, 0) is 28.7 Å². The number of esters is 1. The van der Waals surface area contributed by atoms with Gasteiger partial charge in [0.15, 0.2) is 8.15 Å². The molecule has 0 aliphatic carbocycles. The molecule has 0 saturated heterocycles. The number of benzene rings is 3. The fourth-order valence-corrected chi connectivity index (χ4v) is 4.90. The highest BCUT2D eigenvalue weighted by atomic mass is 31.1. The Labute approximate surface area is 174 Å². The summed E-state index contributed by atoms with van der Waals surface area (Å²) in [5.74, 6) is 0.572. The molecule has 3 nitrogen and oxygen atoms in total. The van der Waals surface area contributed by atoms with Crippen LogP contribution in [0.15, 0.2) is 78.9 Å². The Bertz CT molecular complexity index is 907. The molecule has 0 aliphatic rings. The number of methoxy groups -OCH3 is 1. The minimum absolute atomic E-state index is 0.120. The van der Waals surface area contributed by atoms with Crippen LogP contribution in [-0.4, -0.2) is 13.1 Å². The van der Waals surface area contributed by atoms with Gasteiger partial charge < -0.3 is 9.26 Å². The standard InChI is InChI=1S/C25H27O3P/c1-25(2,3)23-18-20(16-15-19(23)17-24(26)27-4)28-29(21-11-7-5-8-12-21)22-13-9-6-10-14-22/h5-16,18H,17H2,1-4H3. The van der Waals surface area contributed by atoms with Gasteiger partial charge in [0.05, 0.1) is 13.5 Å². The number of ether oxygens (including phenoxy) is 1. The molecular formula is C25H27O3P. The second-order valence-corrected chi connectivity index (χ2v) is 9.68. The van der Waals surface area contributed by atoms with E-state index in [1.807, 2.05) is 48.5 Å². The third kappa shape index (κ3) is 5.46. The number of hydrogen-bond acceptors (Lipinski definition) is 3. The summed E-state index contributed by atoms with van der Waals surface area (Å²) in [6.07, 6.45) is 0.259. The molecule has 0 saturated carbocycles. The van der Waals surface area contributed by atoms with Crippen molar-refractivity contribution in [1.82, 2.24) is 0 Å². The van der Waals surface area contributed by atoms with Gasteiger partial charge >= 0.3 is 5.97 Å². The van der Waals surface area contributed by atoms with Crippen LogP contribution in [0.25, 0.3) is 0 Å². The molecule has 0 atom stereocenters. The van der Waals surface area contributed by atoms with Gasteiger partial charge in [-0.2, -0.15) is 0 Å². The maximum atomic E-state index is 11.8. The van der Waals surface area contributed by atoms with E-state index < -0.39 is 8.15 Å². The van der Waals surface area contributed by atoms with Crippen LogP contribution in [0.5, 0.6) is 5.75 Å². The van der Waals surface area contributed by atoms with E-state index in [9.17, 15) is 4.79 Å². The Morgan fingerprint density at radius 2 is 1.41 bits per heavy atom. The maximum Gasteiger partial charge on any atom is 0.309 e. The summed E-state index contributed by atoms with van der Waals surface area (Å²) in [5.41, 5.74) is 1.95. The SMILES string of the molecule is COC(=O)Cc1ccc(OP(c2ccccc2)c2ccccc2)cc1C(C)(C)C. The molecule has 0 heterocycles. The minimum atomic E-state index is -0.996. The van der Waals surface area contributed by atoms with E-state index in [1.54, 1.807) is 0 Å². The van der Waals surface area contributed by atoms with E-state index in [0.717, 1.165) is 27.5 Å².